The molecule has 1 aromatic heterocycles. The van der Waals surface area contributed by atoms with Gasteiger partial charge in [-0.3, -0.25) is 14.5 Å². The summed E-state index contributed by atoms with van der Waals surface area (Å²) >= 11 is 1.48. The highest BCUT2D eigenvalue weighted by Gasteiger charge is 2.30. The summed E-state index contributed by atoms with van der Waals surface area (Å²) in [5, 5.41) is 0.726. The summed E-state index contributed by atoms with van der Waals surface area (Å²) in [5.74, 6) is -0.919. The number of hydrogen-bond donors (Lipinski definition) is 0. The van der Waals surface area contributed by atoms with E-state index < -0.39 is 5.97 Å². The summed E-state index contributed by atoms with van der Waals surface area (Å²) in [4.78, 5) is 41.3. The third-order valence-electron chi connectivity index (χ3n) is 4.08. The Morgan fingerprint density at radius 3 is 2.42 bits per heavy atom. The predicted octanol–water partition coefficient (Wildman–Crippen LogP) is 3.31. The van der Waals surface area contributed by atoms with Crippen LogP contribution in [0.4, 0.5) is 5.69 Å². The van der Waals surface area contributed by atoms with Gasteiger partial charge in [0.15, 0.2) is 0 Å². The molecule has 0 radical (unpaired) electrons. The lowest BCUT2D eigenvalue weighted by atomic mass is 10.2. The van der Waals surface area contributed by atoms with Gasteiger partial charge in [-0.15, -0.1) is 11.3 Å². The SMILES string of the molecule is O=C(OCc1nc2ccccc2s1)c1ccc(N2C(=O)CCC2=O)cc1. The molecule has 6 nitrogen and oxygen atoms in total. The molecule has 26 heavy (non-hydrogen) atoms. The lowest BCUT2D eigenvalue weighted by molar-refractivity contribution is -0.121. The minimum Gasteiger partial charge on any atom is -0.455 e. The van der Waals surface area contributed by atoms with Crippen LogP contribution in [-0.2, 0) is 20.9 Å². The molecule has 0 aliphatic carbocycles. The maximum absolute atomic E-state index is 12.2. The molecule has 1 saturated heterocycles. The minimum atomic E-state index is -0.477. The van der Waals surface area contributed by atoms with Gasteiger partial charge in [-0.1, -0.05) is 12.1 Å². The van der Waals surface area contributed by atoms with Crippen molar-refractivity contribution in [1.29, 1.82) is 0 Å². The Hall–Kier alpha value is -3.06. The van der Waals surface area contributed by atoms with Crippen molar-refractivity contribution in [3.63, 3.8) is 0 Å². The molecule has 0 atom stereocenters. The number of fused-ring (bicyclic) bond motifs is 1. The van der Waals surface area contributed by atoms with Gasteiger partial charge < -0.3 is 4.74 Å². The highest BCUT2D eigenvalue weighted by molar-refractivity contribution is 7.18. The molecule has 0 spiro atoms. The highest BCUT2D eigenvalue weighted by atomic mass is 32.1. The van der Waals surface area contributed by atoms with Crippen LogP contribution in [0.1, 0.15) is 28.2 Å². The van der Waals surface area contributed by atoms with Crippen LogP contribution in [0, 0.1) is 0 Å². The molecule has 0 bridgehead atoms. The topological polar surface area (TPSA) is 76.6 Å². The van der Waals surface area contributed by atoms with E-state index in [0.717, 1.165) is 20.1 Å². The number of carbonyl (C=O) groups excluding carboxylic acids is 3. The summed E-state index contributed by atoms with van der Waals surface area (Å²) in [5.41, 5.74) is 1.71. The minimum absolute atomic E-state index is 0.100. The third kappa shape index (κ3) is 3.09. The molecule has 2 heterocycles. The van der Waals surface area contributed by atoms with E-state index in [1.807, 2.05) is 24.3 Å². The van der Waals surface area contributed by atoms with Crippen molar-refractivity contribution in [3.05, 3.63) is 59.1 Å². The van der Waals surface area contributed by atoms with E-state index in [1.165, 1.54) is 11.3 Å². The normalized spacial score (nSPS) is 14.2. The molecule has 0 N–H and O–H groups in total. The second kappa shape index (κ2) is 6.68. The van der Waals surface area contributed by atoms with Crippen LogP contribution in [0.25, 0.3) is 10.2 Å². The van der Waals surface area contributed by atoms with Gasteiger partial charge in [-0.05, 0) is 36.4 Å². The maximum atomic E-state index is 12.2. The van der Waals surface area contributed by atoms with Crippen LogP contribution in [0.2, 0.25) is 0 Å². The van der Waals surface area contributed by atoms with Crippen molar-refractivity contribution in [1.82, 2.24) is 4.98 Å². The van der Waals surface area contributed by atoms with Gasteiger partial charge >= 0.3 is 5.97 Å². The number of rotatable bonds is 4. The second-order valence-electron chi connectivity index (χ2n) is 5.82. The average molecular weight is 366 g/mol. The van der Waals surface area contributed by atoms with Gasteiger partial charge in [0, 0.05) is 12.8 Å². The van der Waals surface area contributed by atoms with Crippen molar-refractivity contribution >= 4 is 45.0 Å². The van der Waals surface area contributed by atoms with Gasteiger partial charge in [0.1, 0.15) is 11.6 Å². The zero-order valence-corrected chi connectivity index (χ0v) is 14.5. The zero-order valence-electron chi connectivity index (χ0n) is 13.7. The third-order valence-corrected chi connectivity index (χ3v) is 5.09. The van der Waals surface area contributed by atoms with Crippen molar-refractivity contribution < 1.29 is 19.1 Å². The number of thiazole rings is 1. The number of esters is 1. The molecule has 0 unspecified atom stereocenters. The number of ether oxygens (including phenoxy) is 1. The molecule has 130 valence electrons. The number of amides is 2. The number of aromatic nitrogens is 1. The molecule has 4 rings (SSSR count). The summed E-state index contributed by atoms with van der Waals surface area (Å²) in [6, 6.07) is 14.0. The Bertz CT molecular complexity index is 961. The molecule has 1 fully saturated rings. The number of benzene rings is 2. The fourth-order valence-corrected chi connectivity index (χ4v) is 3.68. The van der Waals surface area contributed by atoms with E-state index in [2.05, 4.69) is 4.98 Å². The summed E-state index contributed by atoms with van der Waals surface area (Å²) < 4.78 is 6.36. The first-order valence-electron chi connectivity index (χ1n) is 8.09. The van der Waals surface area contributed by atoms with E-state index in [1.54, 1.807) is 24.3 Å². The first-order valence-corrected chi connectivity index (χ1v) is 8.91. The second-order valence-corrected chi connectivity index (χ2v) is 6.94. The van der Waals surface area contributed by atoms with Crippen LogP contribution in [0.15, 0.2) is 48.5 Å². The Labute approximate surface area is 153 Å². The summed E-state index contributed by atoms with van der Waals surface area (Å²) in [6.07, 6.45) is 0.454. The first-order chi connectivity index (χ1) is 12.6. The fourth-order valence-electron chi connectivity index (χ4n) is 2.80. The van der Waals surface area contributed by atoms with Crippen LogP contribution in [0.5, 0.6) is 0 Å². The Morgan fingerprint density at radius 2 is 1.73 bits per heavy atom. The first kappa shape index (κ1) is 16.4. The molecular formula is C19H14N2O4S. The Morgan fingerprint density at radius 1 is 1.04 bits per heavy atom. The van der Waals surface area contributed by atoms with Crippen molar-refractivity contribution in [3.8, 4) is 0 Å². The monoisotopic (exact) mass is 366 g/mol. The largest absolute Gasteiger partial charge is 0.455 e. The Balaban J connectivity index is 1.43. The summed E-state index contributed by atoms with van der Waals surface area (Å²) in [7, 11) is 0. The number of carbonyl (C=O) groups is 3. The standard InChI is InChI=1S/C19H14N2O4S/c22-17-9-10-18(23)21(17)13-7-5-12(6-8-13)19(24)25-11-16-20-14-3-1-2-4-15(14)26-16/h1-8H,9-11H2. The van der Waals surface area contributed by atoms with Gasteiger partial charge in [0.2, 0.25) is 11.8 Å². The smallest absolute Gasteiger partial charge is 0.338 e. The van der Waals surface area contributed by atoms with Gasteiger partial charge in [0.25, 0.3) is 0 Å². The fraction of sp³-hybridized carbons (Fsp3) is 0.158. The lowest BCUT2D eigenvalue weighted by Crippen LogP contribution is -2.28. The highest BCUT2D eigenvalue weighted by Crippen LogP contribution is 2.24. The number of para-hydroxylation sites is 1. The van der Waals surface area contributed by atoms with E-state index >= 15 is 0 Å². The number of imide groups is 1. The van der Waals surface area contributed by atoms with Crippen molar-refractivity contribution in [2.75, 3.05) is 4.90 Å². The molecule has 2 aromatic carbocycles. The van der Waals surface area contributed by atoms with E-state index in [-0.39, 0.29) is 31.3 Å². The molecule has 7 heteroatoms. The van der Waals surface area contributed by atoms with E-state index in [4.69, 9.17) is 4.74 Å². The zero-order chi connectivity index (χ0) is 18.1. The molecular weight excluding hydrogens is 352 g/mol. The maximum Gasteiger partial charge on any atom is 0.338 e. The van der Waals surface area contributed by atoms with Gasteiger partial charge in [0.05, 0.1) is 21.5 Å². The lowest BCUT2D eigenvalue weighted by Gasteiger charge is -2.13. The molecule has 3 aromatic rings. The number of anilines is 1. The predicted molar refractivity (Wildman–Crippen MR) is 96.9 cm³/mol. The summed E-state index contributed by atoms with van der Waals surface area (Å²) in [6.45, 7) is 0.100. The number of hydrogen-bond acceptors (Lipinski definition) is 6. The molecule has 2 amide bonds. The van der Waals surface area contributed by atoms with Crippen molar-refractivity contribution in [2.24, 2.45) is 0 Å². The van der Waals surface area contributed by atoms with Crippen molar-refractivity contribution in [2.45, 2.75) is 19.4 Å². The van der Waals surface area contributed by atoms with E-state index in [9.17, 15) is 14.4 Å². The average Bonchev–Trinajstić information content (AvgIpc) is 3.22. The quantitative estimate of drug-likeness (QED) is 0.523. The molecule has 1 aliphatic heterocycles. The molecule has 0 saturated carbocycles. The van der Waals surface area contributed by atoms with Gasteiger partial charge in [-0.2, -0.15) is 0 Å². The molecule has 1 aliphatic rings. The van der Waals surface area contributed by atoms with Crippen LogP contribution in [-0.4, -0.2) is 22.8 Å². The van der Waals surface area contributed by atoms with Crippen LogP contribution < -0.4 is 4.90 Å². The number of nitrogens with zero attached hydrogens (tertiary/aromatic N) is 2. The Kier molecular flexibility index (Phi) is 4.22. The van der Waals surface area contributed by atoms with Crippen LogP contribution >= 0.6 is 11.3 Å². The van der Waals surface area contributed by atoms with E-state index in [0.29, 0.717) is 11.3 Å². The van der Waals surface area contributed by atoms with Gasteiger partial charge in [-0.25, -0.2) is 9.78 Å². The van der Waals surface area contributed by atoms with Crippen LogP contribution in [0.3, 0.4) is 0 Å².